The van der Waals surface area contributed by atoms with E-state index in [2.05, 4.69) is 11.4 Å². The van der Waals surface area contributed by atoms with E-state index < -0.39 is 0 Å². The predicted molar refractivity (Wildman–Crippen MR) is 163 cm³/mol. The molecule has 40 heavy (non-hydrogen) atoms. The number of rotatable bonds is 14. The number of unbranched alkanes of at least 4 members (excludes halogenated alkanes) is 6. The monoisotopic (exact) mass is 562 g/mol. The third-order valence-corrected chi connectivity index (χ3v) is 8.57. The highest BCUT2D eigenvalue weighted by atomic mass is 35.5. The SMILES string of the molecule is Cc1ccc2c(c1)c(CC(=O)CCCCCCCCCNC(=O)C1CCCC1)c(C)n2C(=O)c1ccc(Cl)cc1. The summed E-state index contributed by atoms with van der Waals surface area (Å²) in [5.74, 6) is 0.620. The van der Waals surface area contributed by atoms with Crippen molar-refractivity contribution >= 4 is 40.1 Å². The molecule has 214 valence electrons. The first-order valence-electron chi connectivity index (χ1n) is 15.1. The molecule has 0 spiro atoms. The molecule has 1 amide bonds. The zero-order chi connectivity index (χ0) is 28.5. The number of nitrogens with one attached hydrogen (secondary N) is 1. The minimum Gasteiger partial charge on any atom is -0.356 e. The van der Waals surface area contributed by atoms with Crippen LogP contribution in [-0.4, -0.2) is 28.7 Å². The first kappa shape index (κ1) is 30.0. The van der Waals surface area contributed by atoms with Gasteiger partial charge in [-0.25, -0.2) is 0 Å². The van der Waals surface area contributed by atoms with E-state index in [-0.39, 0.29) is 23.5 Å². The standard InChI is InChI=1S/C34H43ClN2O3/c1-24-15-20-32-31(22-24)30(25(2)37(32)34(40)27-16-18-28(35)19-17-27)23-29(38)14-8-6-4-3-5-7-11-21-36-33(39)26-12-9-10-13-26/h15-20,22,26H,3-14,21,23H2,1-2H3,(H,36,39). The normalized spacial score (nSPS) is 13.7. The fourth-order valence-corrected chi connectivity index (χ4v) is 6.09. The van der Waals surface area contributed by atoms with Gasteiger partial charge in [0.2, 0.25) is 5.91 Å². The second-order valence-corrected chi connectivity index (χ2v) is 11.9. The number of aromatic nitrogens is 1. The number of carbonyl (C=O) groups is 3. The molecule has 2 aromatic carbocycles. The van der Waals surface area contributed by atoms with Crippen molar-refractivity contribution in [2.24, 2.45) is 5.92 Å². The Bertz CT molecular complexity index is 1320. The maximum absolute atomic E-state index is 13.4. The van der Waals surface area contributed by atoms with Crippen LogP contribution in [-0.2, 0) is 16.0 Å². The van der Waals surface area contributed by atoms with Crippen molar-refractivity contribution in [1.82, 2.24) is 9.88 Å². The highest BCUT2D eigenvalue weighted by Gasteiger charge is 2.22. The highest BCUT2D eigenvalue weighted by molar-refractivity contribution is 6.30. The van der Waals surface area contributed by atoms with Crippen molar-refractivity contribution in [2.75, 3.05) is 6.54 Å². The number of nitrogens with zero attached hydrogens (tertiary/aromatic N) is 1. The van der Waals surface area contributed by atoms with Crippen LogP contribution < -0.4 is 5.32 Å². The summed E-state index contributed by atoms with van der Waals surface area (Å²) in [4.78, 5) is 38.5. The van der Waals surface area contributed by atoms with Crippen LogP contribution in [0.15, 0.2) is 42.5 Å². The lowest BCUT2D eigenvalue weighted by atomic mass is 10.00. The molecule has 1 N–H and O–H groups in total. The molecule has 0 unspecified atom stereocenters. The van der Waals surface area contributed by atoms with Crippen LogP contribution in [0.4, 0.5) is 0 Å². The smallest absolute Gasteiger partial charge is 0.262 e. The zero-order valence-electron chi connectivity index (χ0n) is 24.1. The summed E-state index contributed by atoms with van der Waals surface area (Å²) in [6.45, 7) is 4.77. The highest BCUT2D eigenvalue weighted by Crippen LogP contribution is 2.29. The summed E-state index contributed by atoms with van der Waals surface area (Å²) in [6, 6.07) is 13.0. The van der Waals surface area contributed by atoms with Gasteiger partial charge >= 0.3 is 0 Å². The Labute approximate surface area is 243 Å². The molecule has 1 saturated carbocycles. The molecule has 3 aromatic rings. The number of Topliss-reactive ketones (excluding diaryl/α,β-unsaturated/α-hetero) is 1. The summed E-state index contributed by atoms with van der Waals surface area (Å²) < 4.78 is 1.74. The van der Waals surface area contributed by atoms with E-state index in [0.29, 0.717) is 23.4 Å². The Hall–Kier alpha value is -2.92. The molecule has 0 bridgehead atoms. The van der Waals surface area contributed by atoms with Gasteiger partial charge in [-0.15, -0.1) is 0 Å². The number of amides is 1. The van der Waals surface area contributed by atoms with Crippen molar-refractivity contribution < 1.29 is 14.4 Å². The number of halogens is 1. The van der Waals surface area contributed by atoms with E-state index in [1.165, 1.54) is 25.7 Å². The van der Waals surface area contributed by atoms with E-state index in [0.717, 1.165) is 79.2 Å². The third-order valence-electron chi connectivity index (χ3n) is 8.32. The lowest BCUT2D eigenvalue weighted by Gasteiger charge is -2.10. The quantitative estimate of drug-likeness (QED) is 0.202. The van der Waals surface area contributed by atoms with Gasteiger partial charge in [-0.05, 0) is 81.5 Å². The molecule has 0 saturated heterocycles. The molecule has 0 aliphatic heterocycles. The van der Waals surface area contributed by atoms with Crippen LogP contribution in [0.2, 0.25) is 5.02 Å². The minimum absolute atomic E-state index is 0.113. The number of hydrogen-bond acceptors (Lipinski definition) is 3. The second kappa shape index (κ2) is 14.6. The van der Waals surface area contributed by atoms with Gasteiger partial charge in [-0.3, -0.25) is 19.0 Å². The van der Waals surface area contributed by atoms with Gasteiger partial charge in [0.05, 0.1) is 5.52 Å². The van der Waals surface area contributed by atoms with Crippen molar-refractivity contribution in [3.8, 4) is 0 Å². The lowest BCUT2D eigenvalue weighted by Crippen LogP contribution is -2.30. The Balaban J connectivity index is 1.21. The molecule has 1 aromatic heterocycles. The number of ketones is 1. The first-order valence-corrected chi connectivity index (χ1v) is 15.4. The molecule has 0 atom stereocenters. The Morgan fingerprint density at radius 2 is 1.52 bits per heavy atom. The number of hydrogen-bond donors (Lipinski definition) is 1. The summed E-state index contributed by atoms with van der Waals surface area (Å²) in [7, 11) is 0. The second-order valence-electron chi connectivity index (χ2n) is 11.4. The summed E-state index contributed by atoms with van der Waals surface area (Å²) in [5, 5.41) is 4.67. The van der Waals surface area contributed by atoms with Crippen molar-refractivity contribution in [3.05, 3.63) is 69.9 Å². The fourth-order valence-electron chi connectivity index (χ4n) is 5.96. The molecule has 5 nitrogen and oxygen atoms in total. The Morgan fingerprint density at radius 3 is 2.23 bits per heavy atom. The van der Waals surface area contributed by atoms with Gasteiger partial charge in [0.15, 0.2) is 0 Å². The van der Waals surface area contributed by atoms with E-state index in [9.17, 15) is 14.4 Å². The van der Waals surface area contributed by atoms with E-state index >= 15 is 0 Å². The first-order chi connectivity index (χ1) is 19.3. The molecule has 1 aliphatic carbocycles. The van der Waals surface area contributed by atoms with Crippen LogP contribution in [0.1, 0.15) is 104 Å². The van der Waals surface area contributed by atoms with Crippen LogP contribution in [0, 0.1) is 19.8 Å². The molecule has 1 aliphatic rings. The van der Waals surface area contributed by atoms with E-state index in [4.69, 9.17) is 11.6 Å². The van der Waals surface area contributed by atoms with Crippen molar-refractivity contribution in [3.63, 3.8) is 0 Å². The number of fused-ring (bicyclic) bond motifs is 1. The average Bonchev–Trinajstić information content (AvgIpc) is 3.57. The Morgan fingerprint density at radius 1 is 0.875 bits per heavy atom. The van der Waals surface area contributed by atoms with Crippen molar-refractivity contribution in [2.45, 2.75) is 97.3 Å². The molecule has 4 rings (SSSR count). The largest absolute Gasteiger partial charge is 0.356 e. The Kier molecular flexibility index (Phi) is 11.0. The van der Waals surface area contributed by atoms with Gasteiger partial charge in [-0.2, -0.15) is 0 Å². The molecule has 1 fully saturated rings. The number of carbonyl (C=O) groups excluding carboxylic acids is 3. The summed E-state index contributed by atoms with van der Waals surface area (Å²) >= 11 is 6.02. The topological polar surface area (TPSA) is 68.2 Å². The molecular formula is C34H43ClN2O3. The van der Waals surface area contributed by atoms with Crippen LogP contribution in [0.25, 0.3) is 10.9 Å². The third kappa shape index (κ3) is 7.84. The molecule has 6 heteroatoms. The predicted octanol–water partition coefficient (Wildman–Crippen LogP) is 8.14. The maximum Gasteiger partial charge on any atom is 0.262 e. The summed E-state index contributed by atoms with van der Waals surface area (Å²) in [5.41, 5.74) is 4.29. The van der Waals surface area contributed by atoms with Crippen LogP contribution in [0.3, 0.4) is 0 Å². The van der Waals surface area contributed by atoms with Gasteiger partial charge in [0.25, 0.3) is 5.91 Å². The average molecular weight is 563 g/mol. The maximum atomic E-state index is 13.4. The van der Waals surface area contributed by atoms with Gasteiger partial charge in [-0.1, -0.05) is 68.2 Å². The number of aryl methyl sites for hydroxylation is 1. The van der Waals surface area contributed by atoms with E-state index in [1.807, 2.05) is 26.0 Å². The minimum atomic E-state index is -0.113. The van der Waals surface area contributed by atoms with Gasteiger partial charge in [0.1, 0.15) is 5.78 Å². The van der Waals surface area contributed by atoms with Crippen molar-refractivity contribution in [1.29, 1.82) is 0 Å². The van der Waals surface area contributed by atoms with Gasteiger partial charge in [0, 0.05) is 47.0 Å². The molecule has 1 heterocycles. The van der Waals surface area contributed by atoms with E-state index in [1.54, 1.807) is 28.8 Å². The summed E-state index contributed by atoms with van der Waals surface area (Å²) in [6.07, 6.45) is 13.0. The zero-order valence-corrected chi connectivity index (χ0v) is 24.8. The number of benzene rings is 2. The molecular weight excluding hydrogens is 520 g/mol. The van der Waals surface area contributed by atoms with Crippen LogP contribution in [0.5, 0.6) is 0 Å². The lowest BCUT2D eigenvalue weighted by molar-refractivity contribution is -0.124. The van der Waals surface area contributed by atoms with Gasteiger partial charge < -0.3 is 5.32 Å². The fraction of sp³-hybridized carbons (Fsp3) is 0.500. The molecule has 0 radical (unpaired) electrons. The van der Waals surface area contributed by atoms with Crippen LogP contribution >= 0.6 is 11.6 Å².